The van der Waals surface area contributed by atoms with Crippen LogP contribution >= 0.6 is 0 Å². The number of nitrogens with one attached hydrogen (secondary N) is 1. The van der Waals surface area contributed by atoms with E-state index < -0.39 is 11.7 Å². The number of hydrogen-bond acceptors (Lipinski definition) is 2. The first-order chi connectivity index (χ1) is 8.84. The molecule has 0 amide bonds. The van der Waals surface area contributed by atoms with Gasteiger partial charge in [-0.1, -0.05) is 20.8 Å². The van der Waals surface area contributed by atoms with Crippen molar-refractivity contribution >= 4 is 0 Å². The van der Waals surface area contributed by atoms with Crippen molar-refractivity contribution in [3.8, 4) is 0 Å². The second-order valence-corrected chi connectivity index (χ2v) is 5.05. The molecule has 1 N–H and O–H groups in total. The summed E-state index contributed by atoms with van der Waals surface area (Å²) in [5.41, 5.74) is -0.0224. The van der Waals surface area contributed by atoms with Crippen LogP contribution in [0.15, 0.2) is 18.3 Å². The van der Waals surface area contributed by atoms with Gasteiger partial charge < -0.3 is 5.32 Å². The Morgan fingerprint density at radius 3 is 2.32 bits per heavy atom. The highest BCUT2D eigenvalue weighted by Crippen LogP contribution is 2.29. The third-order valence-corrected chi connectivity index (χ3v) is 2.95. The Hall–Kier alpha value is -1.10. The molecule has 1 aromatic rings. The van der Waals surface area contributed by atoms with E-state index in [1.54, 1.807) is 0 Å². The Balaban J connectivity index is 2.79. The SMILES string of the molecule is CCNC(CCC(C)C)c1ccc(C(F)(F)F)cn1. The van der Waals surface area contributed by atoms with Gasteiger partial charge in [0.25, 0.3) is 0 Å². The number of halogens is 3. The van der Waals surface area contributed by atoms with Crippen molar-refractivity contribution in [2.75, 3.05) is 6.54 Å². The zero-order chi connectivity index (χ0) is 14.5. The molecule has 1 aromatic heterocycles. The highest BCUT2D eigenvalue weighted by molar-refractivity contribution is 5.19. The van der Waals surface area contributed by atoms with Crippen LogP contribution < -0.4 is 5.32 Å². The molecule has 1 rings (SSSR count). The van der Waals surface area contributed by atoms with Gasteiger partial charge in [0.05, 0.1) is 11.3 Å². The predicted molar refractivity (Wildman–Crippen MR) is 69.7 cm³/mol. The van der Waals surface area contributed by atoms with Gasteiger partial charge in [0.15, 0.2) is 0 Å². The third kappa shape index (κ3) is 5.19. The predicted octanol–water partition coefficient (Wildman–Crippen LogP) is 4.19. The first kappa shape index (κ1) is 16.0. The molecule has 0 aliphatic heterocycles. The highest BCUT2D eigenvalue weighted by atomic mass is 19.4. The summed E-state index contributed by atoms with van der Waals surface area (Å²) in [5.74, 6) is 0.565. The molecular weight excluding hydrogens is 253 g/mol. The van der Waals surface area contributed by atoms with Gasteiger partial charge in [-0.05, 0) is 37.4 Å². The van der Waals surface area contributed by atoms with E-state index in [9.17, 15) is 13.2 Å². The fraction of sp³-hybridized carbons (Fsp3) is 0.643. The topological polar surface area (TPSA) is 24.9 Å². The van der Waals surface area contributed by atoms with Gasteiger partial charge >= 0.3 is 6.18 Å². The molecule has 0 saturated carbocycles. The summed E-state index contributed by atoms with van der Waals surface area (Å²) in [4.78, 5) is 3.96. The van der Waals surface area contributed by atoms with E-state index in [0.29, 0.717) is 11.6 Å². The lowest BCUT2D eigenvalue weighted by molar-refractivity contribution is -0.137. The molecule has 1 atom stereocenters. The zero-order valence-corrected chi connectivity index (χ0v) is 11.6. The van der Waals surface area contributed by atoms with E-state index in [1.165, 1.54) is 6.07 Å². The van der Waals surface area contributed by atoms with Crippen molar-refractivity contribution in [3.63, 3.8) is 0 Å². The minimum absolute atomic E-state index is 0.0229. The van der Waals surface area contributed by atoms with Gasteiger partial charge in [-0.3, -0.25) is 4.98 Å². The van der Waals surface area contributed by atoms with E-state index in [-0.39, 0.29) is 6.04 Å². The summed E-state index contributed by atoms with van der Waals surface area (Å²) >= 11 is 0. The van der Waals surface area contributed by atoms with E-state index in [4.69, 9.17) is 0 Å². The van der Waals surface area contributed by atoms with Crippen LogP contribution in [-0.2, 0) is 6.18 Å². The number of hydrogen-bond donors (Lipinski definition) is 1. The molecule has 0 saturated heterocycles. The Morgan fingerprint density at radius 1 is 1.21 bits per heavy atom. The molecule has 19 heavy (non-hydrogen) atoms. The first-order valence-corrected chi connectivity index (χ1v) is 6.61. The van der Waals surface area contributed by atoms with Crippen molar-refractivity contribution in [3.05, 3.63) is 29.6 Å². The summed E-state index contributed by atoms with van der Waals surface area (Å²) in [7, 11) is 0. The van der Waals surface area contributed by atoms with Crippen molar-refractivity contribution in [1.82, 2.24) is 10.3 Å². The second kappa shape index (κ2) is 6.89. The monoisotopic (exact) mass is 274 g/mol. The molecule has 108 valence electrons. The maximum atomic E-state index is 12.5. The largest absolute Gasteiger partial charge is 0.417 e. The average molecular weight is 274 g/mol. The summed E-state index contributed by atoms with van der Waals surface area (Å²) in [6.07, 6.45) is -1.52. The van der Waals surface area contributed by atoms with Crippen LogP contribution in [0, 0.1) is 5.92 Å². The Kier molecular flexibility index (Phi) is 5.79. The maximum absolute atomic E-state index is 12.5. The van der Waals surface area contributed by atoms with Gasteiger partial charge in [-0.25, -0.2) is 0 Å². The number of nitrogens with zero attached hydrogens (tertiary/aromatic N) is 1. The zero-order valence-electron chi connectivity index (χ0n) is 11.6. The van der Waals surface area contributed by atoms with Crippen molar-refractivity contribution in [1.29, 1.82) is 0 Å². The van der Waals surface area contributed by atoms with Crippen LogP contribution in [0.3, 0.4) is 0 Å². The Bertz CT molecular complexity index is 371. The lowest BCUT2D eigenvalue weighted by Crippen LogP contribution is -2.22. The summed E-state index contributed by atoms with van der Waals surface area (Å²) in [6, 6.07) is 2.59. The molecule has 0 radical (unpaired) electrons. The summed E-state index contributed by atoms with van der Waals surface area (Å²) < 4.78 is 37.4. The minimum Gasteiger partial charge on any atom is -0.309 e. The molecule has 2 nitrogen and oxygen atoms in total. The molecule has 0 aliphatic rings. The summed E-state index contributed by atoms with van der Waals surface area (Å²) in [5, 5.41) is 3.27. The average Bonchev–Trinajstić information content (AvgIpc) is 2.33. The molecule has 1 unspecified atom stereocenters. The molecule has 0 fully saturated rings. The standard InChI is InChI=1S/C14H21F3N2/c1-4-18-12(7-5-10(2)3)13-8-6-11(9-19-13)14(15,16)17/h6,8-10,12,18H,4-5,7H2,1-3H3. The van der Waals surface area contributed by atoms with E-state index in [0.717, 1.165) is 31.6 Å². The van der Waals surface area contributed by atoms with E-state index in [1.807, 2.05) is 6.92 Å². The minimum atomic E-state index is -4.32. The number of rotatable bonds is 6. The first-order valence-electron chi connectivity index (χ1n) is 6.61. The summed E-state index contributed by atoms with van der Waals surface area (Å²) in [6.45, 7) is 7.00. The fourth-order valence-electron chi connectivity index (χ4n) is 1.88. The molecule has 5 heteroatoms. The van der Waals surface area contributed by atoms with Crippen LogP contribution in [-0.4, -0.2) is 11.5 Å². The van der Waals surface area contributed by atoms with Crippen LogP contribution in [0.2, 0.25) is 0 Å². The van der Waals surface area contributed by atoms with Crippen molar-refractivity contribution < 1.29 is 13.2 Å². The molecule has 1 heterocycles. The van der Waals surface area contributed by atoms with Gasteiger partial charge in [0.2, 0.25) is 0 Å². The highest BCUT2D eigenvalue weighted by Gasteiger charge is 2.30. The van der Waals surface area contributed by atoms with Crippen LogP contribution in [0.25, 0.3) is 0 Å². The number of aromatic nitrogens is 1. The molecule has 0 aromatic carbocycles. The van der Waals surface area contributed by atoms with Crippen LogP contribution in [0.1, 0.15) is 50.9 Å². The van der Waals surface area contributed by atoms with Crippen LogP contribution in [0.4, 0.5) is 13.2 Å². The van der Waals surface area contributed by atoms with E-state index >= 15 is 0 Å². The normalized spacial score (nSPS) is 13.8. The molecular formula is C14H21F3N2. The maximum Gasteiger partial charge on any atom is 0.417 e. The molecule has 0 bridgehead atoms. The Morgan fingerprint density at radius 2 is 1.89 bits per heavy atom. The smallest absolute Gasteiger partial charge is 0.309 e. The van der Waals surface area contributed by atoms with Gasteiger partial charge in [-0.2, -0.15) is 13.2 Å². The van der Waals surface area contributed by atoms with Gasteiger partial charge in [-0.15, -0.1) is 0 Å². The fourth-order valence-corrected chi connectivity index (χ4v) is 1.88. The second-order valence-electron chi connectivity index (χ2n) is 5.05. The lowest BCUT2D eigenvalue weighted by atomic mass is 10.0. The molecule has 0 spiro atoms. The van der Waals surface area contributed by atoms with Crippen LogP contribution in [0.5, 0.6) is 0 Å². The van der Waals surface area contributed by atoms with E-state index in [2.05, 4.69) is 24.1 Å². The molecule has 0 aliphatic carbocycles. The number of alkyl halides is 3. The third-order valence-electron chi connectivity index (χ3n) is 2.95. The number of pyridine rings is 1. The Labute approximate surface area is 112 Å². The quantitative estimate of drug-likeness (QED) is 0.841. The van der Waals surface area contributed by atoms with Gasteiger partial charge in [0.1, 0.15) is 0 Å². The van der Waals surface area contributed by atoms with Crippen molar-refractivity contribution in [2.24, 2.45) is 5.92 Å². The van der Waals surface area contributed by atoms with Gasteiger partial charge in [0, 0.05) is 12.2 Å². The lowest BCUT2D eigenvalue weighted by Gasteiger charge is -2.19. The van der Waals surface area contributed by atoms with Crippen molar-refractivity contribution in [2.45, 2.75) is 45.8 Å².